The molecular weight excluding hydrogens is 407 g/mol. The van der Waals surface area contributed by atoms with Gasteiger partial charge in [0.1, 0.15) is 6.61 Å². The highest BCUT2D eigenvalue weighted by Gasteiger charge is 2.20. The number of hydrogen-bond acceptors (Lipinski definition) is 3. The standard InChI is InChI=1S/C23H16Cl2N2O2/c24-19-12-7-13-20(25)18(19)15-29-23(28)22-14-21(16-8-3-1-4-9-16)26-27(22)17-10-5-2-6-11-17/h1-14H,15H2. The van der Waals surface area contributed by atoms with Gasteiger partial charge in [0.25, 0.3) is 0 Å². The lowest BCUT2D eigenvalue weighted by molar-refractivity contribution is 0.0462. The summed E-state index contributed by atoms with van der Waals surface area (Å²) in [5.41, 5.74) is 3.23. The summed E-state index contributed by atoms with van der Waals surface area (Å²) < 4.78 is 7.10. The highest BCUT2D eigenvalue weighted by molar-refractivity contribution is 6.35. The van der Waals surface area contributed by atoms with E-state index >= 15 is 0 Å². The number of rotatable bonds is 5. The zero-order valence-corrected chi connectivity index (χ0v) is 16.8. The minimum absolute atomic E-state index is 0.0298. The van der Waals surface area contributed by atoms with Crippen molar-refractivity contribution in [3.8, 4) is 16.9 Å². The van der Waals surface area contributed by atoms with Crippen LogP contribution in [-0.4, -0.2) is 15.7 Å². The fourth-order valence-electron chi connectivity index (χ4n) is 2.92. The maximum atomic E-state index is 12.9. The van der Waals surface area contributed by atoms with Gasteiger partial charge in [0, 0.05) is 21.2 Å². The lowest BCUT2D eigenvalue weighted by Crippen LogP contribution is -2.12. The second-order valence-electron chi connectivity index (χ2n) is 6.30. The number of carbonyl (C=O) groups excluding carboxylic acids is 1. The van der Waals surface area contributed by atoms with Crippen molar-refractivity contribution in [2.75, 3.05) is 0 Å². The summed E-state index contributed by atoms with van der Waals surface area (Å²) in [4.78, 5) is 12.9. The van der Waals surface area contributed by atoms with Crippen molar-refractivity contribution >= 4 is 29.2 Å². The number of aromatic nitrogens is 2. The molecule has 3 aromatic carbocycles. The van der Waals surface area contributed by atoms with Crippen molar-refractivity contribution in [3.63, 3.8) is 0 Å². The number of benzene rings is 3. The molecule has 144 valence electrons. The molecule has 0 aliphatic heterocycles. The zero-order valence-electron chi connectivity index (χ0n) is 15.3. The molecule has 4 rings (SSSR count). The van der Waals surface area contributed by atoms with Crippen LogP contribution in [0.3, 0.4) is 0 Å². The number of esters is 1. The minimum atomic E-state index is -0.514. The fraction of sp³-hybridized carbons (Fsp3) is 0.0435. The van der Waals surface area contributed by atoms with Crippen LogP contribution in [0.5, 0.6) is 0 Å². The predicted octanol–water partition coefficient (Wildman–Crippen LogP) is 6.20. The van der Waals surface area contributed by atoms with Crippen LogP contribution >= 0.6 is 23.2 Å². The lowest BCUT2D eigenvalue weighted by atomic mass is 10.1. The molecule has 1 aromatic heterocycles. The number of halogens is 2. The Balaban J connectivity index is 1.68. The van der Waals surface area contributed by atoms with Gasteiger partial charge in [0.05, 0.1) is 11.4 Å². The quantitative estimate of drug-likeness (QED) is 0.359. The van der Waals surface area contributed by atoms with Crippen LogP contribution in [-0.2, 0) is 11.3 Å². The Morgan fingerprint density at radius 2 is 1.48 bits per heavy atom. The number of carbonyl (C=O) groups is 1. The second kappa shape index (κ2) is 8.52. The van der Waals surface area contributed by atoms with E-state index in [0.717, 1.165) is 11.3 Å². The number of hydrogen-bond donors (Lipinski definition) is 0. The average Bonchev–Trinajstić information content (AvgIpc) is 3.20. The third-order valence-corrected chi connectivity index (χ3v) is 5.11. The Morgan fingerprint density at radius 3 is 2.14 bits per heavy atom. The second-order valence-corrected chi connectivity index (χ2v) is 7.12. The van der Waals surface area contributed by atoms with Gasteiger partial charge in [-0.1, -0.05) is 77.8 Å². The summed E-state index contributed by atoms with van der Waals surface area (Å²) in [5.74, 6) is -0.514. The monoisotopic (exact) mass is 422 g/mol. The first-order chi connectivity index (χ1) is 14.1. The van der Waals surface area contributed by atoms with Crippen LogP contribution in [0.4, 0.5) is 0 Å². The summed E-state index contributed by atoms with van der Waals surface area (Å²) in [5, 5.41) is 5.53. The molecule has 4 aromatic rings. The molecular formula is C23H16Cl2N2O2. The van der Waals surface area contributed by atoms with Gasteiger partial charge in [0.15, 0.2) is 5.69 Å². The van der Waals surface area contributed by atoms with Crippen LogP contribution in [0.2, 0.25) is 10.0 Å². The van der Waals surface area contributed by atoms with Gasteiger partial charge in [-0.05, 0) is 30.3 Å². The molecule has 0 N–H and O–H groups in total. The van der Waals surface area contributed by atoms with E-state index in [4.69, 9.17) is 27.9 Å². The van der Waals surface area contributed by atoms with Crippen molar-refractivity contribution in [2.24, 2.45) is 0 Å². The van der Waals surface area contributed by atoms with Crippen molar-refractivity contribution in [1.29, 1.82) is 0 Å². The molecule has 0 atom stereocenters. The Morgan fingerprint density at radius 1 is 0.862 bits per heavy atom. The zero-order chi connectivity index (χ0) is 20.2. The Kier molecular flexibility index (Phi) is 5.65. The van der Waals surface area contributed by atoms with E-state index < -0.39 is 5.97 Å². The molecule has 0 aliphatic rings. The fourth-order valence-corrected chi connectivity index (χ4v) is 3.43. The van der Waals surface area contributed by atoms with Gasteiger partial charge in [-0.3, -0.25) is 0 Å². The Hall–Kier alpha value is -3.08. The molecule has 6 heteroatoms. The maximum Gasteiger partial charge on any atom is 0.357 e. The molecule has 0 bridgehead atoms. The molecule has 29 heavy (non-hydrogen) atoms. The first-order valence-corrected chi connectivity index (χ1v) is 9.70. The van der Waals surface area contributed by atoms with Crippen molar-refractivity contribution in [3.05, 3.63) is 106 Å². The molecule has 0 spiro atoms. The molecule has 0 unspecified atom stereocenters. The third kappa shape index (κ3) is 4.19. The minimum Gasteiger partial charge on any atom is -0.456 e. The van der Waals surface area contributed by atoms with Crippen molar-refractivity contribution < 1.29 is 9.53 Å². The maximum absolute atomic E-state index is 12.9. The summed E-state index contributed by atoms with van der Waals surface area (Å²) in [6.45, 7) is -0.0298. The summed E-state index contributed by atoms with van der Waals surface area (Å²) in [7, 11) is 0. The highest BCUT2D eigenvalue weighted by atomic mass is 35.5. The Labute approximate surface area is 178 Å². The normalized spacial score (nSPS) is 10.7. The van der Waals surface area contributed by atoms with E-state index in [9.17, 15) is 4.79 Å². The molecule has 0 saturated carbocycles. The van der Waals surface area contributed by atoms with E-state index in [1.54, 1.807) is 28.9 Å². The van der Waals surface area contributed by atoms with Crippen molar-refractivity contribution in [1.82, 2.24) is 9.78 Å². The van der Waals surface area contributed by atoms with Crippen molar-refractivity contribution in [2.45, 2.75) is 6.61 Å². The third-order valence-electron chi connectivity index (χ3n) is 4.40. The van der Waals surface area contributed by atoms with E-state index in [1.165, 1.54) is 0 Å². The largest absolute Gasteiger partial charge is 0.456 e. The van der Waals surface area contributed by atoms with Gasteiger partial charge < -0.3 is 4.74 Å². The predicted molar refractivity (Wildman–Crippen MR) is 115 cm³/mol. The highest BCUT2D eigenvalue weighted by Crippen LogP contribution is 2.26. The molecule has 0 fully saturated rings. The van der Waals surface area contributed by atoms with Crippen LogP contribution in [0.1, 0.15) is 16.1 Å². The summed E-state index contributed by atoms with van der Waals surface area (Å²) in [6.07, 6.45) is 0. The Bertz CT molecular complexity index is 1120. The van der Waals surface area contributed by atoms with Crippen LogP contribution in [0, 0.1) is 0 Å². The van der Waals surface area contributed by atoms with Crippen LogP contribution < -0.4 is 0 Å². The van der Waals surface area contributed by atoms with E-state index in [-0.39, 0.29) is 6.61 Å². The number of nitrogens with zero attached hydrogens (tertiary/aromatic N) is 2. The van der Waals surface area contributed by atoms with E-state index in [1.807, 2.05) is 60.7 Å². The van der Waals surface area contributed by atoms with Gasteiger partial charge in [-0.15, -0.1) is 0 Å². The average molecular weight is 423 g/mol. The van der Waals surface area contributed by atoms with Gasteiger partial charge in [-0.25, -0.2) is 9.48 Å². The van der Waals surface area contributed by atoms with E-state index in [2.05, 4.69) is 5.10 Å². The molecule has 0 aliphatic carbocycles. The summed E-state index contributed by atoms with van der Waals surface area (Å²) >= 11 is 12.4. The molecule has 0 amide bonds. The SMILES string of the molecule is O=C(OCc1c(Cl)cccc1Cl)c1cc(-c2ccccc2)nn1-c1ccccc1. The van der Waals surface area contributed by atoms with Gasteiger partial charge in [-0.2, -0.15) is 5.10 Å². The first kappa shape index (κ1) is 19.2. The lowest BCUT2D eigenvalue weighted by Gasteiger charge is -2.10. The smallest absolute Gasteiger partial charge is 0.357 e. The van der Waals surface area contributed by atoms with E-state index in [0.29, 0.717) is 27.0 Å². The van der Waals surface area contributed by atoms with Crippen LogP contribution in [0.15, 0.2) is 84.9 Å². The molecule has 1 heterocycles. The number of ether oxygens (including phenoxy) is 1. The number of para-hydroxylation sites is 1. The first-order valence-electron chi connectivity index (χ1n) is 8.94. The molecule has 4 nitrogen and oxygen atoms in total. The van der Waals surface area contributed by atoms with Crippen LogP contribution in [0.25, 0.3) is 16.9 Å². The van der Waals surface area contributed by atoms with Gasteiger partial charge in [0.2, 0.25) is 0 Å². The molecule has 0 radical (unpaired) electrons. The summed E-state index contributed by atoms with van der Waals surface area (Å²) in [6, 6.07) is 26.0. The molecule has 0 saturated heterocycles. The topological polar surface area (TPSA) is 44.1 Å². The van der Waals surface area contributed by atoms with Gasteiger partial charge >= 0.3 is 5.97 Å².